The van der Waals surface area contributed by atoms with Crippen LogP contribution in [0.3, 0.4) is 0 Å². The van der Waals surface area contributed by atoms with Crippen molar-refractivity contribution in [1.82, 2.24) is 25.0 Å². The molecular formula is C16H17N5O3. The number of hydrogen-bond donors (Lipinski definition) is 2. The molecule has 3 heterocycles. The van der Waals surface area contributed by atoms with Crippen molar-refractivity contribution in [2.24, 2.45) is 0 Å². The lowest BCUT2D eigenvalue weighted by molar-refractivity contribution is 0.0696. The minimum atomic E-state index is -0.962. The number of unbranched alkanes of at least 4 members (excludes halogenated alkanes) is 1. The molecule has 0 saturated carbocycles. The Morgan fingerprint density at radius 2 is 2.17 bits per heavy atom. The topological polar surface area (TPSA) is 106 Å². The molecule has 0 atom stereocenters. The number of aromatic carboxylic acids is 1. The highest BCUT2D eigenvalue weighted by atomic mass is 16.5. The second-order valence-electron chi connectivity index (χ2n) is 5.20. The average Bonchev–Trinajstić information content (AvgIpc) is 3.27. The number of carboxylic acid groups (broad SMARTS) is 1. The number of H-pyrrole nitrogens is 1. The number of ether oxygens (including phenoxy) is 1. The zero-order valence-electron chi connectivity index (χ0n) is 12.9. The van der Waals surface area contributed by atoms with Gasteiger partial charge in [0.15, 0.2) is 0 Å². The first-order chi connectivity index (χ1) is 11.7. The van der Waals surface area contributed by atoms with Gasteiger partial charge >= 0.3 is 5.97 Å². The van der Waals surface area contributed by atoms with Gasteiger partial charge in [0.25, 0.3) is 0 Å². The summed E-state index contributed by atoms with van der Waals surface area (Å²) in [5.41, 5.74) is 1.88. The first-order valence-electron chi connectivity index (χ1n) is 7.57. The molecule has 8 heteroatoms. The molecule has 0 spiro atoms. The van der Waals surface area contributed by atoms with Gasteiger partial charge in [-0.05, 0) is 31.0 Å². The summed E-state index contributed by atoms with van der Waals surface area (Å²) in [4.78, 5) is 15.1. The maximum Gasteiger partial charge on any atom is 0.338 e. The average molecular weight is 327 g/mol. The van der Waals surface area contributed by atoms with E-state index in [0.717, 1.165) is 24.2 Å². The second kappa shape index (κ2) is 7.40. The molecule has 0 aromatic carbocycles. The van der Waals surface area contributed by atoms with Gasteiger partial charge in [-0.2, -0.15) is 10.2 Å². The van der Waals surface area contributed by atoms with Crippen molar-refractivity contribution in [3.8, 4) is 17.1 Å². The lowest BCUT2D eigenvalue weighted by Crippen LogP contribution is -2.03. The van der Waals surface area contributed by atoms with Gasteiger partial charge in [-0.1, -0.05) is 0 Å². The van der Waals surface area contributed by atoms with Gasteiger partial charge in [0.1, 0.15) is 5.75 Å². The Kier molecular flexibility index (Phi) is 4.85. The quantitative estimate of drug-likeness (QED) is 0.615. The Balaban J connectivity index is 1.39. The van der Waals surface area contributed by atoms with E-state index < -0.39 is 5.97 Å². The molecule has 0 aliphatic heterocycles. The molecule has 3 aromatic rings. The second-order valence-corrected chi connectivity index (χ2v) is 5.20. The van der Waals surface area contributed by atoms with E-state index in [1.807, 2.05) is 18.2 Å². The zero-order valence-corrected chi connectivity index (χ0v) is 12.9. The van der Waals surface area contributed by atoms with E-state index in [2.05, 4.69) is 20.3 Å². The first kappa shape index (κ1) is 15.7. The maximum atomic E-state index is 10.8. The van der Waals surface area contributed by atoms with E-state index in [9.17, 15) is 4.79 Å². The van der Waals surface area contributed by atoms with E-state index in [1.165, 1.54) is 12.4 Å². The van der Waals surface area contributed by atoms with E-state index in [1.54, 1.807) is 17.1 Å². The molecule has 0 aliphatic rings. The van der Waals surface area contributed by atoms with Gasteiger partial charge in [0, 0.05) is 18.9 Å². The highest BCUT2D eigenvalue weighted by molar-refractivity contribution is 5.86. The molecule has 0 bridgehead atoms. The monoisotopic (exact) mass is 327 g/mol. The summed E-state index contributed by atoms with van der Waals surface area (Å²) in [5, 5.41) is 19.6. The van der Waals surface area contributed by atoms with Gasteiger partial charge in [0.2, 0.25) is 0 Å². The lowest BCUT2D eigenvalue weighted by atomic mass is 10.3. The van der Waals surface area contributed by atoms with Crippen molar-refractivity contribution >= 4 is 5.97 Å². The van der Waals surface area contributed by atoms with Crippen LogP contribution < -0.4 is 4.74 Å². The third kappa shape index (κ3) is 3.97. The summed E-state index contributed by atoms with van der Waals surface area (Å²) in [7, 11) is 0. The smallest absolute Gasteiger partial charge is 0.338 e. The summed E-state index contributed by atoms with van der Waals surface area (Å²) >= 11 is 0. The van der Waals surface area contributed by atoms with Crippen LogP contribution in [0.4, 0.5) is 0 Å². The lowest BCUT2D eigenvalue weighted by Gasteiger charge is -2.06. The van der Waals surface area contributed by atoms with E-state index in [0.29, 0.717) is 18.9 Å². The summed E-state index contributed by atoms with van der Waals surface area (Å²) in [6.07, 6.45) is 7.93. The van der Waals surface area contributed by atoms with E-state index in [4.69, 9.17) is 9.84 Å². The highest BCUT2D eigenvalue weighted by Gasteiger charge is 2.05. The summed E-state index contributed by atoms with van der Waals surface area (Å²) in [5.74, 6) is -0.249. The molecule has 3 aromatic heterocycles. The zero-order chi connectivity index (χ0) is 16.8. The fourth-order valence-corrected chi connectivity index (χ4v) is 2.19. The van der Waals surface area contributed by atoms with Gasteiger partial charge in [-0.15, -0.1) is 0 Å². The van der Waals surface area contributed by atoms with Crippen LogP contribution in [0.2, 0.25) is 0 Å². The fraction of sp³-hybridized carbons (Fsp3) is 0.250. The number of nitrogens with zero attached hydrogens (tertiary/aromatic N) is 4. The van der Waals surface area contributed by atoms with Crippen LogP contribution in [-0.4, -0.2) is 42.6 Å². The molecule has 124 valence electrons. The van der Waals surface area contributed by atoms with Crippen LogP contribution in [0, 0.1) is 0 Å². The maximum absolute atomic E-state index is 10.8. The molecule has 0 saturated heterocycles. The largest absolute Gasteiger partial charge is 0.492 e. The Hall–Kier alpha value is -3.16. The molecule has 0 amide bonds. The van der Waals surface area contributed by atoms with Crippen LogP contribution in [0.1, 0.15) is 23.2 Å². The van der Waals surface area contributed by atoms with E-state index >= 15 is 0 Å². The van der Waals surface area contributed by atoms with E-state index in [-0.39, 0.29) is 5.56 Å². The minimum absolute atomic E-state index is 0.203. The number of aromatic amines is 1. The number of carboxylic acids is 1. The molecule has 0 unspecified atom stereocenters. The highest BCUT2D eigenvalue weighted by Crippen LogP contribution is 2.17. The van der Waals surface area contributed by atoms with Crippen molar-refractivity contribution in [1.29, 1.82) is 0 Å². The Morgan fingerprint density at radius 3 is 2.83 bits per heavy atom. The van der Waals surface area contributed by atoms with Crippen LogP contribution in [0.5, 0.6) is 5.75 Å². The predicted octanol–water partition coefficient (Wildman–Crippen LogP) is 2.23. The van der Waals surface area contributed by atoms with Crippen molar-refractivity contribution in [3.05, 3.63) is 48.5 Å². The third-order valence-corrected chi connectivity index (χ3v) is 3.44. The number of aromatic nitrogens is 5. The Bertz CT molecular complexity index is 780. The third-order valence-electron chi connectivity index (χ3n) is 3.44. The Labute approximate surface area is 138 Å². The molecule has 8 nitrogen and oxygen atoms in total. The number of carbonyl (C=O) groups is 1. The number of pyridine rings is 1. The normalized spacial score (nSPS) is 10.7. The Morgan fingerprint density at radius 1 is 1.25 bits per heavy atom. The fourth-order valence-electron chi connectivity index (χ4n) is 2.19. The number of aryl methyl sites for hydroxylation is 1. The van der Waals surface area contributed by atoms with Crippen LogP contribution in [0.25, 0.3) is 11.4 Å². The molecule has 0 fully saturated rings. The van der Waals surface area contributed by atoms with Crippen LogP contribution >= 0.6 is 0 Å². The van der Waals surface area contributed by atoms with Gasteiger partial charge < -0.3 is 9.84 Å². The number of nitrogens with one attached hydrogen (secondary N) is 1. The van der Waals surface area contributed by atoms with Crippen LogP contribution in [-0.2, 0) is 6.54 Å². The van der Waals surface area contributed by atoms with Crippen molar-refractivity contribution in [2.45, 2.75) is 19.4 Å². The molecule has 2 N–H and O–H groups in total. The summed E-state index contributed by atoms with van der Waals surface area (Å²) in [6.45, 7) is 1.23. The van der Waals surface area contributed by atoms with Gasteiger partial charge in [-0.25, -0.2) is 4.79 Å². The SMILES string of the molecule is O=C(O)c1cnn(CCCCOc2ccc(-c3ccn[nH]3)nc2)c1. The van der Waals surface area contributed by atoms with Gasteiger partial charge in [0.05, 0.1) is 36.0 Å². The molecule has 3 rings (SSSR count). The number of rotatable bonds is 8. The number of hydrogen-bond acceptors (Lipinski definition) is 5. The standard InChI is InChI=1S/C16H17N5O3/c22-16(23)12-9-19-21(11-12)7-1-2-8-24-13-3-4-14(17-10-13)15-5-6-18-20-15/h3-6,9-11H,1-2,7-8H2,(H,18,20)(H,22,23). The molecule has 0 radical (unpaired) electrons. The van der Waals surface area contributed by atoms with Crippen LogP contribution in [0.15, 0.2) is 43.0 Å². The predicted molar refractivity (Wildman–Crippen MR) is 85.7 cm³/mol. The minimum Gasteiger partial charge on any atom is -0.492 e. The van der Waals surface area contributed by atoms with Crippen molar-refractivity contribution in [3.63, 3.8) is 0 Å². The summed E-state index contributed by atoms with van der Waals surface area (Å²) in [6, 6.07) is 5.60. The van der Waals surface area contributed by atoms with Crippen molar-refractivity contribution < 1.29 is 14.6 Å². The molecular weight excluding hydrogens is 310 g/mol. The molecule has 24 heavy (non-hydrogen) atoms. The first-order valence-corrected chi connectivity index (χ1v) is 7.57. The van der Waals surface area contributed by atoms with Gasteiger partial charge in [-0.3, -0.25) is 14.8 Å². The molecule has 0 aliphatic carbocycles. The summed E-state index contributed by atoms with van der Waals surface area (Å²) < 4.78 is 7.28. The van der Waals surface area contributed by atoms with Crippen molar-refractivity contribution in [2.75, 3.05) is 6.61 Å².